The van der Waals surface area contributed by atoms with Gasteiger partial charge >= 0.3 is 0 Å². The van der Waals surface area contributed by atoms with Crippen LogP contribution in [-0.4, -0.2) is 15.0 Å². The molecule has 0 radical (unpaired) electrons. The first-order valence-corrected chi connectivity index (χ1v) is 18.4. The van der Waals surface area contributed by atoms with Gasteiger partial charge in [0.1, 0.15) is 0 Å². The van der Waals surface area contributed by atoms with Crippen molar-refractivity contribution in [3.8, 4) is 45.3 Å². The van der Waals surface area contributed by atoms with Crippen molar-refractivity contribution in [2.45, 2.75) is 0 Å². The first kappa shape index (κ1) is 30.4. The molecule has 0 bridgehead atoms. The van der Waals surface area contributed by atoms with Crippen molar-refractivity contribution in [2.75, 3.05) is 0 Å². The second kappa shape index (κ2) is 12.2. The number of fused-ring (bicyclic) bond motifs is 9. The molecule has 54 heavy (non-hydrogen) atoms. The molecule has 250 valence electrons. The lowest BCUT2D eigenvalue weighted by Gasteiger charge is -2.15. The summed E-state index contributed by atoms with van der Waals surface area (Å²) in [6, 6.07) is 67.1. The highest BCUT2D eigenvalue weighted by Gasteiger charge is 2.19. The molecule has 11 aromatic rings. The van der Waals surface area contributed by atoms with E-state index >= 15 is 0 Å². The molecule has 0 amide bonds. The van der Waals surface area contributed by atoms with Gasteiger partial charge in [0.15, 0.2) is 17.5 Å². The fourth-order valence-electron chi connectivity index (χ4n) is 8.23. The van der Waals surface area contributed by atoms with Crippen LogP contribution in [0.3, 0.4) is 0 Å². The Balaban J connectivity index is 1.15. The van der Waals surface area contributed by atoms with E-state index in [9.17, 15) is 0 Å². The molecule has 11 rings (SSSR count). The van der Waals surface area contributed by atoms with Crippen LogP contribution in [0.25, 0.3) is 110 Å². The van der Waals surface area contributed by atoms with Crippen LogP contribution >= 0.6 is 0 Å². The van der Waals surface area contributed by atoms with E-state index in [1.807, 2.05) is 0 Å². The summed E-state index contributed by atoms with van der Waals surface area (Å²) in [7, 11) is 0. The quantitative estimate of drug-likeness (QED) is 0.173. The van der Waals surface area contributed by atoms with Crippen molar-refractivity contribution >= 4 is 64.6 Å². The van der Waals surface area contributed by atoms with Crippen LogP contribution in [0.4, 0.5) is 0 Å². The van der Waals surface area contributed by atoms with Crippen LogP contribution in [0.15, 0.2) is 188 Å². The van der Waals surface area contributed by atoms with Crippen molar-refractivity contribution in [3.63, 3.8) is 0 Å². The van der Waals surface area contributed by atoms with Crippen molar-refractivity contribution in [2.24, 2.45) is 0 Å². The van der Waals surface area contributed by atoms with E-state index in [2.05, 4.69) is 188 Å². The molecule has 0 aliphatic heterocycles. The number of hydrogen-bond acceptors (Lipinski definition) is 3. The molecule has 0 aliphatic carbocycles. The summed E-state index contributed by atoms with van der Waals surface area (Å²) in [6.07, 6.45) is 0. The molecule has 0 N–H and O–H groups in total. The number of aromatic nitrogens is 3. The van der Waals surface area contributed by atoms with Gasteiger partial charge in [0.05, 0.1) is 0 Å². The maximum absolute atomic E-state index is 5.33. The molecule has 0 aliphatic rings. The van der Waals surface area contributed by atoms with Gasteiger partial charge in [-0.3, -0.25) is 0 Å². The minimum Gasteiger partial charge on any atom is -0.208 e. The van der Waals surface area contributed by atoms with E-state index in [-0.39, 0.29) is 0 Å². The van der Waals surface area contributed by atoms with Crippen molar-refractivity contribution in [3.05, 3.63) is 188 Å². The normalized spacial score (nSPS) is 11.7. The third-order valence-corrected chi connectivity index (χ3v) is 10.9. The summed E-state index contributed by atoms with van der Waals surface area (Å²) in [5.74, 6) is 1.93. The van der Waals surface area contributed by atoms with E-state index in [4.69, 9.17) is 15.0 Å². The lowest BCUT2D eigenvalue weighted by Crippen LogP contribution is -2.01. The van der Waals surface area contributed by atoms with Crippen LogP contribution in [0, 0.1) is 0 Å². The summed E-state index contributed by atoms with van der Waals surface area (Å²) < 4.78 is 0. The lowest BCUT2D eigenvalue weighted by atomic mass is 9.93. The Bertz CT molecular complexity index is 3290. The fourth-order valence-corrected chi connectivity index (χ4v) is 8.23. The second-order valence-corrected chi connectivity index (χ2v) is 14.0. The summed E-state index contributed by atoms with van der Waals surface area (Å²) in [5, 5.41) is 14.4. The summed E-state index contributed by atoms with van der Waals surface area (Å²) >= 11 is 0. The molecule has 3 nitrogen and oxygen atoms in total. The van der Waals surface area contributed by atoms with E-state index in [1.54, 1.807) is 0 Å². The standard InChI is InChI=1S/C51H31N3/c1-2-13-35-29-38(24-21-32(35)11-1)49-52-50(54-51(53-49)48-31-36-14-4-6-16-40(36)42-18-8-9-19-43(42)48)46-20-10-7-17-41(46)37-23-22-34-26-27-44-39-15-5-3-12-33(39)25-28-45(44)47(34)30-37/h1-31H. The second-order valence-electron chi connectivity index (χ2n) is 14.0. The zero-order valence-corrected chi connectivity index (χ0v) is 29.2. The largest absolute Gasteiger partial charge is 0.208 e. The van der Waals surface area contributed by atoms with Gasteiger partial charge in [0.2, 0.25) is 0 Å². The maximum atomic E-state index is 5.33. The van der Waals surface area contributed by atoms with Gasteiger partial charge in [-0.2, -0.15) is 0 Å². The van der Waals surface area contributed by atoms with Crippen molar-refractivity contribution in [1.29, 1.82) is 0 Å². The first-order chi connectivity index (χ1) is 26.7. The Morgan fingerprint density at radius 3 is 1.50 bits per heavy atom. The van der Waals surface area contributed by atoms with Gasteiger partial charge in [0, 0.05) is 16.7 Å². The number of hydrogen-bond donors (Lipinski definition) is 0. The third-order valence-electron chi connectivity index (χ3n) is 10.9. The predicted molar refractivity (Wildman–Crippen MR) is 227 cm³/mol. The topological polar surface area (TPSA) is 38.7 Å². The molecule has 10 aromatic carbocycles. The van der Waals surface area contributed by atoms with E-state index in [0.717, 1.165) is 44.0 Å². The first-order valence-electron chi connectivity index (χ1n) is 18.4. The van der Waals surface area contributed by atoms with Crippen LogP contribution in [0.2, 0.25) is 0 Å². The fraction of sp³-hybridized carbons (Fsp3) is 0. The molecule has 0 fully saturated rings. The van der Waals surface area contributed by atoms with Crippen LogP contribution in [-0.2, 0) is 0 Å². The highest BCUT2D eigenvalue weighted by Crippen LogP contribution is 2.39. The molecule has 0 saturated carbocycles. The Kier molecular flexibility index (Phi) is 6.86. The van der Waals surface area contributed by atoms with Gasteiger partial charge < -0.3 is 0 Å². The molecular formula is C51H31N3. The summed E-state index contributed by atoms with van der Waals surface area (Å²) in [5.41, 5.74) is 5.08. The zero-order chi connectivity index (χ0) is 35.6. The van der Waals surface area contributed by atoms with Crippen molar-refractivity contribution in [1.82, 2.24) is 15.0 Å². The smallest absolute Gasteiger partial charge is 0.164 e. The SMILES string of the molecule is c1ccc(-c2nc(-c3ccc4ccccc4c3)nc(-c3cc4ccccc4c4ccccc34)n2)c(-c2ccc3ccc4c5ccccc5ccc4c3c2)c1. The van der Waals surface area contributed by atoms with Gasteiger partial charge in [-0.25, -0.2) is 15.0 Å². The Hall–Kier alpha value is -7.23. The molecule has 3 heteroatoms. The Morgan fingerprint density at radius 1 is 0.222 bits per heavy atom. The van der Waals surface area contributed by atoms with E-state index in [1.165, 1.54) is 48.5 Å². The maximum Gasteiger partial charge on any atom is 0.164 e. The zero-order valence-electron chi connectivity index (χ0n) is 29.2. The molecular weight excluding hydrogens is 655 g/mol. The summed E-state index contributed by atoms with van der Waals surface area (Å²) in [6.45, 7) is 0. The number of benzene rings is 10. The van der Waals surface area contributed by atoms with Gasteiger partial charge in [0.25, 0.3) is 0 Å². The van der Waals surface area contributed by atoms with Crippen LogP contribution in [0.5, 0.6) is 0 Å². The molecule has 1 heterocycles. The third kappa shape index (κ3) is 4.94. The average molecular weight is 686 g/mol. The highest BCUT2D eigenvalue weighted by atomic mass is 15.0. The van der Waals surface area contributed by atoms with Crippen LogP contribution < -0.4 is 0 Å². The van der Waals surface area contributed by atoms with Gasteiger partial charge in [-0.15, -0.1) is 0 Å². The number of nitrogens with zero attached hydrogens (tertiary/aromatic N) is 3. The van der Waals surface area contributed by atoms with Crippen molar-refractivity contribution < 1.29 is 0 Å². The average Bonchev–Trinajstić information content (AvgIpc) is 3.25. The van der Waals surface area contributed by atoms with E-state index in [0.29, 0.717) is 17.5 Å². The Morgan fingerprint density at radius 2 is 0.704 bits per heavy atom. The van der Waals surface area contributed by atoms with Crippen LogP contribution in [0.1, 0.15) is 0 Å². The molecule has 0 unspecified atom stereocenters. The lowest BCUT2D eigenvalue weighted by molar-refractivity contribution is 1.08. The molecule has 0 saturated heterocycles. The predicted octanol–water partition coefficient (Wildman–Crippen LogP) is 13.5. The Labute approximate surface area is 311 Å². The number of rotatable bonds is 4. The minimum atomic E-state index is 0.639. The highest BCUT2D eigenvalue weighted by molar-refractivity contribution is 6.18. The molecule has 0 spiro atoms. The van der Waals surface area contributed by atoms with Gasteiger partial charge in [-0.05, 0) is 94.0 Å². The molecule has 1 aromatic heterocycles. The molecule has 0 atom stereocenters. The minimum absolute atomic E-state index is 0.639. The monoisotopic (exact) mass is 685 g/mol. The van der Waals surface area contributed by atoms with Gasteiger partial charge in [-0.1, -0.05) is 170 Å². The summed E-state index contributed by atoms with van der Waals surface area (Å²) in [4.78, 5) is 15.8. The van der Waals surface area contributed by atoms with E-state index < -0.39 is 0 Å².